The van der Waals surface area contributed by atoms with E-state index in [1.807, 2.05) is 6.07 Å². The van der Waals surface area contributed by atoms with Gasteiger partial charge in [-0.3, -0.25) is 0 Å². The molecule has 0 bridgehead atoms. The van der Waals surface area contributed by atoms with Gasteiger partial charge in [-0.2, -0.15) is 0 Å². The van der Waals surface area contributed by atoms with E-state index < -0.39 is 0 Å². The van der Waals surface area contributed by atoms with Crippen molar-refractivity contribution in [3.63, 3.8) is 0 Å². The van der Waals surface area contributed by atoms with Crippen molar-refractivity contribution in [1.82, 2.24) is 4.98 Å². The summed E-state index contributed by atoms with van der Waals surface area (Å²) in [6.45, 7) is 4.13. The van der Waals surface area contributed by atoms with E-state index in [1.165, 1.54) is 5.56 Å². The van der Waals surface area contributed by atoms with Gasteiger partial charge in [0.2, 0.25) is 0 Å². The predicted molar refractivity (Wildman–Crippen MR) is 80.6 cm³/mol. The number of anilines is 1. The largest absolute Gasteiger partial charge is 0.507 e. The van der Waals surface area contributed by atoms with Crippen molar-refractivity contribution in [1.29, 1.82) is 0 Å². The fourth-order valence-corrected chi connectivity index (χ4v) is 3.39. The number of aryl methyl sites for hydroxylation is 2. The molecule has 3 aromatic rings. The number of rotatable bonds is 1. The van der Waals surface area contributed by atoms with Crippen molar-refractivity contribution in [3.05, 3.63) is 41.5 Å². The van der Waals surface area contributed by atoms with Crippen LogP contribution in [0.25, 0.3) is 20.8 Å². The maximum Gasteiger partial charge on any atom is 0.128 e. The Bertz CT molecular complexity index is 777. The van der Waals surface area contributed by atoms with Gasteiger partial charge in [-0.1, -0.05) is 6.07 Å². The minimum atomic E-state index is 0.174. The second-order valence-electron chi connectivity index (χ2n) is 4.72. The van der Waals surface area contributed by atoms with Gasteiger partial charge in [0.1, 0.15) is 10.8 Å². The Balaban J connectivity index is 2.23. The van der Waals surface area contributed by atoms with E-state index in [1.54, 1.807) is 23.5 Å². The van der Waals surface area contributed by atoms with Crippen LogP contribution in [0.15, 0.2) is 30.3 Å². The third-order valence-electron chi connectivity index (χ3n) is 3.08. The quantitative estimate of drug-likeness (QED) is 0.660. The van der Waals surface area contributed by atoms with E-state index in [9.17, 15) is 5.11 Å². The molecule has 3 rings (SSSR count). The van der Waals surface area contributed by atoms with E-state index in [0.29, 0.717) is 5.69 Å². The Morgan fingerprint density at radius 3 is 2.68 bits per heavy atom. The molecule has 0 aliphatic carbocycles. The molecule has 0 saturated heterocycles. The number of nitrogen functional groups attached to an aromatic ring is 1. The van der Waals surface area contributed by atoms with E-state index in [0.717, 1.165) is 26.4 Å². The van der Waals surface area contributed by atoms with Crippen LogP contribution in [0.1, 0.15) is 11.1 Å². The van der Waals surface area contributed by atoms with Crippen LogP contribution in [0, 0.1) is 13.8 Å². The number of fused-ring (bicyclic) bond motifs is 1. The molecule has 0 radical (unpaired) electrons. The van der Waals surface area contributed by atoms with Crippen molar-refractivity contribution >= 4 is 27.2 Å². The molecular formula is C15H14N2OS. The smallest absolute Gasteiger partial charge is 0.128 e. The van der Waals surface area contributed by atoms with Gasteiger partial charge < -0.3 is 10.8 Å². The number of aromatic nitrogens is 1. The van der Waals surface area contributed by atoms with Gasteiger partial charge in [0.05, 0.1) is 15.8 Å². The van der Waals surface area contributed by atoms with Gasteiger partial charge in [-0.15, -0.1) is 11.3 Å². The molecule has 19 heavy (non-hydrogen) atoms. The zero-order valence-corrected chi connectivity index (χ0v) is 11.6. The Hall–Kier alpha value is -2.07. The zero-order valence-electron chi connectivity index (χ0n) is 10.8. The summed E-state index contributed by atoms with van der Waals surface area (Å²) < 4.78 is 1.14. The summed E-state index contributed by atoms with van der Waals surface area (Å²) in [5.74, 6) is 0.174. The zero-order chi connectivity index (χ0) is 13.6. The summed E-state index contributed by atoms with van der Waals surface area (Å²) in [5.41, 5.74) is 10.3. The van der Waals surface area contributed by atoms with Crippen LogP contribution in [0.5, 0.6) is 5.75 Å². The molecule has 3 N–H and O–H groups in total. The highest BCUT2D eigenvalue weighted by Gasteiger charge is 2.12. The molecule has 3 nitrogen and oxygen atoms in total. The van der Waals surface area contributed by atoms with Gasteiger partial charge in [0, 0.05) is 11.8 Å². The maximum atomic E-state index is 9.98. The molecule has 4 heteroatoms. The number of nitrogens with two attached hydrogens (primary N) is 1. The van der Waals surface area contributed by atoms with Crippen molar-refractivity contribution in [3.8, 4) is 16.3 Å². The van der Waals surface area contributed by atoms with E-state index in [-0.39, 0.29) is 5.75 Å². The first kappa shape index (κ1) is 12.0. The van der Waals surface area contributed by atoms with E-state index in [4.69, 9.17) is 5.73 Å². The summed E-state index contributed by atoms with van der Waals surface area (Å²) in [5, 5.41) is 10.8. The Labute approximate surface area is 115 Å². The van der Waals surface area contributed by atoms with Crippen molar-refractivity contribution < 1.29 is 5.11 Å². The molecule has 0 unspecified atom stereocenters. The fraction of sp³-hybridized carbons (Fsp3) is 0.133. The first-order chi connectivity index (χ1) is 9.04. The normalized spacial score (nSPS) is 11.1. The van der Waals surface area contributed by atoms with E-state index >= 15 is 0 Å². The molecule has 0 amide bonds. The van der Waals surface area contributed by atoms with Crippen LogP contribution < -0.4 is 5.73 Å². The third kappa shape index (κ3) is 2.04. The average Bonchev–Trinajstić information content (AvgIpc) is 2.72. The molecule has 0 saturated carbocycles. The highest BCUT2D eigenvalue weighted by Crippen LogP contribution is 2.37. The van der Waals surface area contributed by atoms with Crippen LogP contribution >= 0.6 is 11.3 Å². The minimum absolute atomic E-state index is 0.174. The van der Waals surface area contributed by atoms with Crippen molar-refractivity contribution in [2.75, 3.05) is 5.73 Å². The lowest BCUT2D eigenvalue weighted by atomic mass is 10.1. The molecule has 0 fully saturated rings. The third-order valence-corrected chi connectivity index (χ3v) is 4.12. The Kier molecular flexibility index (Phi) is 2.68. The molecule has 0 aliphatic heterocycles. The van der Waals surface area contributed by atoms with Crippen LogP contribution in [-0.2, 0) is 0 Å². The van der Waals surface area contributed by atoms with Gasteiger partial charge >= 0.3 is 0 Å². The van der Waals surface area contributed by atoms with Gasteiger partial charge in [0.25, 0.3) is 0 Å². The topological polar surface area (TPSA) is 59.1 Å². The summed E-state index contributed by atoms with van der Waals surface area (Å²) >= 11 is 1.59. The van der Waals surface area contributed by atoms with E-state index in [2.05, 4.69) is 31.0 Å². The van der Waals surface area contributed by atoms with Crippen LogP contribution in [0.3, 0.4) is 0 Å². The molecular weight excluding hydrogens is 256 g/mol. The number of thiazole rings is 1. The number of phenolic OH excluding ortho intramolecular Hbond substituents is 1. The standard InChI is InChI=1S/C15H14N2OS/c1-8-5-9(2)14-13(6-8)19-15(17-14)11-4-3-10(16)7-12(11)18/h3-7,18H,16H2,1-2H3. The van der Waals surface area contributed by atoms with Gasteiger partial charge in [0.15, 0.2) is 0 Å². The number of benzene rings is 2. The van der Waals surface area contributed by atoms with Crippen LogP contribution in [-0.4, -0.2) is 10.1 Å². The highest BCUT2D eigenvalue weighted by molar-refractivity contribution is 7.21. The summed E-state index contributed by atoms with van der Waals surface area (Å²) in [6, 6.07) is 9.38. The molecule has 0 atom stereocenters. The second kappa shape index (κ2) is 4.24. The van der Waals surface area contributed by atoms with Gasteiger partial charge in [-0.25, -0.2) is 4.98 Å². The molecule has 1 aromatic heterocycles. The van der Waals surface area contributed by atoms with Gasteiger partial charge in [-0.05, 0) is 43.2 Å². The lowest BCUT2D eigenvalue weighted by molar-refractivity contribution is 0.477. The summed E-state index contributed by atoms with van der Waals surface area (Å²) in [7, 11) is 0. The van der Waals surface area contributed by atoms with Crippen molar-refractivity contribution in [2.45, 2.75) is 13.8 Å². The monoisotopic (exact) mass is 270 g/mol. The number of nitrogens with zero attached hydrogens (tertiary/aromatic N) is 1. The number of aromatic hydroxyl groups is 1. The average molecular weight is 270 g/mol. The van der Waals surface area contributed by atoms with Crippen molar-refractivity contribution in [2.24, 2.45) is 0 Å². The molecule has 1 heterocycles. The molecule has 0 spiro atoms. The summed E-state index contributed by atoms with van der Waals surface area (Å²) in [6.07, 6.45) is 0. The number of phenols is 1. The lowest BCUT2D eigenvalue weighted by Crippen LogP contribution is -1.85. The van der Waals surface area contributed by atoms with Crippen LogP contribution in [0.2, 0.25) is 0 Å². The Morgan fingerprint density at radius 2 is 1.95 bits per heavy atom. The molecule has 0 aliphatic rings. The number of hydrogen-bond donors (Lipinski definition) is 2. The Morgan fingerprint density at radius 1 is 1.16 bits per heavy atom. The highest BCUT2D eigenvalue weighted by atomic mass is 32.1. The first-order valence-corrected chi connectivity index (χ1v) is 6.83. The molecule has 2 aromatic carbocycles. The predicted octanol–water partition coefficient (Wildman–Crippen LogP) is 3.87. The molecule has 96 valence electrons. The van der Waals surface area contributed by atoms with Crippen LogP contribution in [0.4, 0.5) is 5.69 Å². The minimum Gasteiger partial charge on any atom is -0.507 e. The number of hydrogen-bond acceptors (Lipinski definition) is 4. The first-order valence-electron chi connectivity index (χ1n) is 6.01. The lowest BCUT2D eigenvalue weighted by Gasteiger charge is -2.01. The second-order valence-corrected chi connectivity index (χ2v) is 5.75. The summed E-state index contributed by atoms with van der Waals surface area (Å²) in [4.78, 5) is 4.63. The fourth-order valence-electron chi connectivity index (χ4n) is 2.22. The maximum absolute atomic E-state index is 9.98. The SMILES string of the molecule is Cc1cc(C)c2nc(-c3ccc(N)cc3O)sc2c1.